The fourth-order valence-electron chi connectivity index (χ4n) is 2.90. The molecule has 3 aromatic rings. The van der Waals surface area contributed by atoms with Gasteiger partial charge in [-0.1, -0.05) is 0 Å². The molecule has 0 amide bonds. The maximum atomic E-state index is 12.6. The molecule has 0 aliphatic carbocycles. The van der Waals surface area contributed by atoms with E-state index in [0.717, 1.165) is 11.3 Å². The molecule has 0 saturated heterocycles. The van der Waals surface area contributed by atoms with Crippen LogP contribution in [0.1, 0.15) is 20.8 Å². The van der Waals surface area contributed by atoms with Gasteiger partial charge in [0.2, 0.25) is 0 Å². The molecule has 2 aromatic heterocycles. The van der Waals surface area contributed by atoms with Gasteiger partial charge in [-0.05, 0) is 68.8 Å². The Balaban J connectivity index is 1.72. The molecule has 0 aliphatic rings. The predicted molar refractivity (Wildman–Crippen MR) is 112 cm³/mol. The highest BCUT2D eigenvalue weighted by Crippen LogP contribution is 2.23. The van der Waals surface area contributed by atoms with Crippen LogP contribution in [-0.2, 0) is 7.05 Å². The summed E-state index contributed by atoms with van der Waals surface area (Å²) in [4.78, 5) is 16.9. The highest BCUT2D eigenvalue weighted by molar-refractivity contribution is 5.81. The van der Waals surface area contributed by atoms with Gasteiger partial charge in [0.1, 0.15) is 18.5 Å². The third-order valence-corrected chi connectivity index (χ3v) is 4.47. The van der Waals surface area contributed by atoms with Crippen molar-refractivity contribution in [3.8, 4) is 17.0 Å². The lowest BCUT2D eigenvalue weighted by atomic mass is 10.1. The number of rotatable bonds is 6. The molecule has 2 heterocycles. The molecule has 6 heteroatoms. The summed E-state index contributed by atoms with van der Waals surface area (Å²) in [6.45, 7) is 6.83. The molecule has 148 valence electrons. The van der Waals surface area contributed by atoms with Crippen LogP contribution in [0.2, 0.25) is 0 Å². The molecule has 6 nitrogen and oxygen atoms in total. The van der Waals surface area contributed by atoms with Crippen molar-refractivity contribution >= 4 is 10.9 Å². The number of nitrogens with zero attached hydrogens (tertiary/aromatic N) is 2. The van der Waals surface area contributed by atoms with Gasteiger partial charge in [-0.15, -0.1) is 0 Å². The normalized spacial score (nSPS) is 12.9. The Morgan fingerprint density at radius 1 is 1.21 bits per heavy atom. The van der Waals surface area contributed by atoms with Gasteiger partial charge in [0.25, 0.3) is 5.56 Å². The maximum Gasteiger partial charge on any atom is 0.260 e. The van der Waals surface area contributed by atoms with E-state index < -0.39 is 6.10 Å². The van der Waals surface area contributed by atoms with Crippen LogP contribution in [0.25, 0.3) is 22.2 Å². The van der Waals surface area contributed by atoms with Crippen LogP contribution in [0.3, 0.4) is 0 Å². The molecule has 2 N–H and O–H groups in total. The number of benzene rings is 1. The first-order valence-corrected chi connectivity index (χ1v) is 9.36. The Morgan fingerprint density at radius 3 is 2.61 bits per heavy atom. The summed E-state index contributed by atoms with van der Waals surface area (Å²) < 4.78 is 7.30. The fraction of sp³-hybridized carbons (Fsp3) is 0.364. The summed E-state index contributed by atoms with van der Waals surface area (Å²) >= 11 is 0. The monoisotopic (exact) mass is 381 g/mol. The average Bonchev–Trinajstić information content (AvgIpc) is 2.67. The van der Waals surface area contributed by atoms with Crippen molar-refractivity contribution in [2.45, 2.75) is 32.4 Å². The molecule has 28 heavy (non-hydrogen) atoms. The molecule has 0 aliphatic heterocycles. The van der Waals surface area contributed by atoms with Crippen molar-refractivity contribution in [1.29, 1.82) is 0 Å². The Hall–Kier alpha value is -2.70. The Labute approximate surface area is 164 Å². The van der Waals surface area contributed by atoms with Gasteiger partial charge < -0.3 is 19.7 Å². The second-order valence-electron chi connectivity index (χ2n) is 7.95. The number of aromatic nitrogens is 2. The molecule has 1 atom stereocenters. The van der Waals surface area contributed by atoms with Crippen LogP contribution in [0, 0.1) is 0 Å². The van der Waals surface area contributed by atoms with Gasteiger partial charge in [0.05, 0.1) is 16.6 Å². The van der Waals surface area contributed by atoms with E-state index >= 15 is 0 Å². The molecule has 1 unspecified atom stereocenters. The number of fused-ring (bicyclic) bond motifs is 1. The molecule has 0 spiro atoms. The quantitative estimate of drug-likeness (QED) is 0.687. The topological polar surface area (TPSA) is 76.4 Å². The summed E-state index contributed by atoms with van der Waals surface area (Å²) in [7, 11) is 1.76. The zero-order valence-corrected chi connectivity index (χ0v) is 16.8. The van der Waals surface area contributed by atoms with Crippen LogP contribution in [0.15, 0.2) is 53.5 Å². The van der Waals surface area contributed by atoms with Crippen molar-refractivity contribution in [3.05, 3.63) is 59.0 Å². The van der Waals surface area contributed by atoms with Crippen LogP contribution >= 0.6 is 0 Å². The molecule has 0 radical (unpaired) electrons. The van der Waals surface area contributed by atoms with Gasteiger partial charge in [-0.3, -0.25) is 9.78 Å². The second-order valence-corrected chi connectivity index (χ2v) is 7.95. The minimum atomic E-state index is -0.591. The fourth-order valence-corrected chi connectivity index (χ4v) is 2.90. The third kappa shape index (κ3) is 4.77. The van der Waals surface area contributed by atoms with E-state index in [2.05, 4.69) is 31.1 Å². The standard InChI is InChI=1S/C22H27N3O3/c1-22(2,3)24-13-16(26)14-28-17-9-7-15(8-10-17)20-12-19-18(6-5-11-23-19)21(27)25(20)4/h5-12,16,24,26H,13-14H2,1-4H3. The summed E-state index contributed by atoms with van der Waals surface area (Å²) in [5, 5.41) is 13.9. The van der Waals surface area contributed by atoms with Crippen molar-refractivity contribution in [1.82, 2.24) is 14.9 Å². The Morgan fingerprint density at radius 2 is 1.93 bits per heavy atom. The number of β-amino-alcohol motifs (C(OH)–C–C–N with tert-alkyl or cyclic N) is 1. The van der Waals surface area contributed by atoms with Crippen molar-refractivity contribution in [2.24, 2.45) is 7.05 Å². The number of pyridine rings is 2. The van der Waals surface area contributed by atoms with Crippen LogP contribution < -0.4 is 15.6 Å². The van der Waals surface area contributed by atoms with Gasteiger partial charge in [-0.2, -0.15) is 0 Å². The Kier molecular flexibility index (Phi) is 5.82. The van der Waals surface area contributed by atoms with E-state index in [1.54, 1.807) is 29.9 Å². The minimum Gasteiger partial charge on any atom is -0.491 e. The first-order valence-electron chi connectivity index (χ1n) is 9.36. The van der Waals surface area contributed by atoms with Crippen LogP contribution in [-0.4, -0.2) is 39.5 Å². The minimum absolute atomic E-state index is 0.0483. The van der Waals surface area contributed by atoms with Gasteiger partial charge in [0, 0.05) is 25.3 Å². The molecule has 0 bridgehead atoms. The van der Waals surface area contributed by atoms with Crippen LogP contribution in [0.4, 0.5) is 0 Å². The van der Waals surface area contributed by atoms with Crippen LogP contribution in [0.5, 0.6) is 5.75 Å². The number of nitrogens with one attached hydrogen (secondary N) is 1. The molecular weight excluding hydrogens is 354 g/mol. The number of hydrogen-bond acceptors (Lipinski definition) is 5. The van der Waals surface area contributed by atoms with E-state index in [-0.39, 0.29) is 17.7 Å². The van der Waals surface area contributed by atoms with E-state index in [9.17, 15) is 9.90 Å². The lowest BCUT2D eigenvalue weighted by Gasteiger charge is -2.23. The van der Waals surface area contributed by atoms with E-state index in [0.29, 0.717) is 23.2 Å². The predicted octanol–water partition coefficient (Wildman–Crippen LogP) is 2.73. The average molecular weight is 381 g/mol. The lowest BCUT2D eigenvalue weighted by Crippen LogP contribution is -2.42. The van der Waals surface area contributed by atoms with Crippen molar-refractivity contribution in [2.75, 3.05) is 13.2 Å². The zero-order chi connectivity index (χ0) is 20.3. The smallest absolute Gasteiger partial charge is 0.260 e. The molecule has 1 aromatic carbocycles. The molecule has 0 saturated carbocycles. The number of aliphatic hydroxyl groups excluding tert-OH is 1. The van der Waals surface area contributed by atoms with Crippen molar-refractivity contribution in [3.63, 3.8) is 0 Å². The summed E-state index contributed by atoms with van der Waals surface area (Å²) in [5.74, 6) is 0.669. The highest BCUT2D eigenvalue weighted by Gasteiger charge is 2.13. The SMILES string of the molecule is Cn1c(-c2ccc(OCC(O)CNC(C)(C)C)cc2)cc2ncccc2c1=O. The summed E-state index contributed by atoms with van der Waals surface area (Å²) in [6, 6.07) is 12.9. The van der Waals surface area contributed by atoms with Gasteiger partial charge >= 0.3 is 0 Å². The van der Waals surface area contributed by atoms with Gasteiger partial charge in [-0.25, -0.2) is 0 Å². The largest absolute Gasteiger partial charge is 0.491 e. The zero-order valence-electron chi connectivity index (χ0n) is 16.8. The number of hydrogen-bond donors (Lipinski definition) is 2. The summed E-state index contributed by atoms with van der Waals surface area (Å²) in [6.07, 6.45) is 1.09. The molecule has 0 fully saturated rings. The van der Waals surface area contributed by atoms with Gasteiger partial charge in [0.15, 0.2) is 0 Å². The first kappa shape index (κ1) is 20.0. The first-order chi connectivity index (χ1) is 13.2. The van der Waals surface area contributed by atoms with E-state index in [1.165, 1.54) is 0 Å². The highest BCUT2D eigenvalue weighted by atomic mass is 16.5. The van der Waals surface area contributed by atoms with E-state index in [1.807, 2.05) is 30.3 Å². The number of aliphatic hydroxyl groups is 1. The Bertz CT molecular complexity index is 1000. The maximum absolute atomic E-state index is 12.6. The van der Waals surface area contributed by atoms with E-state index in [4.69, 9.17) is 4.74 Å². The molecule has 3 rings (SSSR count). The van der Waals surface area contributed by atoms with Crippen molar-refractivity contribution < 1.29 is 9.84 Å². The lowest BCUT2D eigenvalue weighted by molar-refractivity contribution is 0.100. The second kappa shape index (κ2) is 8.12. The third-order valence-electron chi connectivity index (χ3n) is 4.47. The number of ether oxygens (including phenoxy) is 1. The molecular formula is C22H27N3O3. The summed E-state index contributed by atoms with van der Waals surface area (Å²) in [5.41, 5.74) is 2.24.